The molecule has 3 heterocycles. The number of aromatic nitrogens is 3. The van der Waals surface area contributed by atoms with E-state index >= 15 is 0 Å². The molecule has 0 fully saturated rings. The molecule has 3 aromatic heterocycles. The molecule has 0 saturated carbocycles. The zero-order valence-corrected chi connectivity index (χ0v) is 15.9. The van der Waals surface area contributed by atoms with Gasteiger partial charge >= 0.3 is 0 Å². The number of ether oxygens (including phenoxy) is 1. The van der Waals surface area contributed by atoms with Crippen LogP contribution in [0.15, 0.2) is 73.2 Å². The van der Waals surface area contributed by atoms with Crippen molar-refractivity contribution in [2.45, 2.75) is 0 Å². The molecule has 0 aliphatic rings. The highest BCUT2D eigenvalue weighted by Crippen LogP contribution is 2.31. The van der Waals surface area contributed by atoms with Gasteiger partial charge in [0, 0.05) is 24.0 Å². The smallest absolute Gasteiger partial charge is 0.269 e. The Kier molecular flexibility index (Phi) is 5.27. The Morgan fingerprint density at radius 2 is 1.89 bits per heavy atom. The average molecular weight is 409 g/mol. The first-order valence-corrected chi connectivity index (χ1v) is 9.45. The highest BCUT2D eigenvalue weighted by molar-refractivity contribution is 7.17. The fourth-order valence-corrected chi connectivity index (χ4v) is 3.54. The quantitative estimate of drug-likeness (QED) is 0.485. The molecule has 0 bridgehead atoms. The standard InChI is InChI=1S/C20H13ClN4O2S/c21-18-17(28-20(25-18)13-5-4-10-22-11-13)19(26)24-14-8-9-16(23-12-14)27-15-6-2-1-3-7-15/h1-12H,(H,24,26). The number of hydrogen-bond acceptors (Lipinski definition) is 6. The van der Waals surface area contributed by atoms with Crippen LogP contribution in [0.1, 0.15) is 9.67 Å². The highest BCUT2D eigenvalue weighted by atomic mass is 35.5. The maximum atomic E-state index is 12.6. The van der Waals surface area contributed by atoms with E-state index in [1.165, 1.54) is 17.5 Å². The van der Waals surface area contributed by atoms with Crippen molar-refractivity contribution >= 4 is 34.5 Å². The van der Waals surface area contributed by atoms with Crippen molar-refractivity contribution in [1.29, 1.82) is 0 Å². The molecule has 138 valence electrons. The molecule has 8 heteroatoms. The SMILES string of the molecule is O=C(Nc1ccc(Oc2ccccc2)nc1)c1sc(-c2cccnc2)nc1Cl. The molecule has 0 atom stereocenters. The number of carbonyl (C=O) groups is 1. The summed E-state index contributed by atoms with van der Waals surface area (Å²) >= 11 is 7.36. The third kappa shape index (κ3) is 4.16. The number of thiazole rings is 1. The molecule has 0 unspecified atom stereocenters. The minimum absolute atomic E-state index is 0.151. The molecule has 6 nitrogen and oxygen atoms in total. The van der Waals surface area contributed by atoms with Crippen LogP contribution in [-0.2, 0) is 0 Å². The summed E-state index contributed by atoms with van der Waals surface area (Å²) in [6, 6.07) is 16.4. The zero-order valence-electron chi connectivity index (χ0n) is 14.4. The van der Waals surface area contributed by atoms with Crippen molar-refractivity contribution in [3.8, 4) is 22.2 Å². The monoisotopic (exact) mass is 408 g/mol. The van der Waals surface area contributed by atoms with Crippen LogP contribution >= 0.6 is 22.9 Å². The van der Waals surface area contributed by atoms with E-state index in [4.69, 9.17) is 16.3 Å². The molecule has 0 saturated heterocycles. The number of carbonyl (C=O) groups excluding carboxylic acids is 1. The van der Waals surface area contributed by atoms with Crippen molar-refractivity contribution in [3.05, 3.63) is 83.2 Å². The molecular weight excluding hydrogens is 396 g/mol. The van der Waals surface area contributed by atoms with Crippen molar-refractivity contribution in [3.63, 3.8) is 0 Å². The third-order valence-corrected chi connectivity index (χ3v) is 5.15. The maximum Gasteiger partial charge on any atom is 0.269 e. The number of hydrogen-bond donors (Lipinski definition) is 1. The molecule has 0 aliphatic heterocycles. The van der Waals surface area contributed by atoms with Crippen LogP contribution in [0.25, 0.3) is 10.6 Å². The van der Waals surface area contributed by atoms with Crippen LogP contribution in [0.4, 0.5) is 5.69 Å². The van der Waals surface area contributed by atoms with Crippen LogP contribution in [0.2, 0.25) is 5.15 Å². The predicted octanol–water partition coefficient (Wildman–Crippen LogP) is 5.30. The fourth-order valence-electron chi connectivity index (χ4n) is 2.37. The zero-order chi connectivity index (χ0) is 19.3. The first-order valence-electron chi connectivity index (χ1n) is 8.26. The lowest BCUT2D eigenvalue weighted by Gasteiger charge is -2.06. The second-order valence-electron chi connectivity index (χ2n) is 5.64. The summed E-state index contributed by atoms with van der Waals surface area (Å²) in [5, 5.41) is 3.55. The molecule has 1 aromatic carbocycles. The van der Waals surface area contributed by atoms with Gasteiger partial charge in [0.2, 0.25) is 5.88 Å². The van der Waals surface area contributed by atoms with Gasteiger partial charge < -0.3 is 10.1 Å². The highest BCUT2D eigenvalue weighted by Gasteiger charge is 2.18. The lowest BCUT2D eigenvalue weighted by atomic mass is 10.3. The van der Waals surface area contributed by atoms with E-state index in [0.29, 0.717) is 27.2 Å². The molecule has 4 rings (SSSR count). The Hall–Kier alpha value is -3.29. The second-order valence-corrected chi connectivity index (χ2v) is 6.99. The topological polar surface area (TPSA) is 77.0 Å². The Morgan fingerprint density at radius 3 is 2.61 bits per heavy atom. The van der Waals surface area contributed by atoms with Crippen LogP contribution < -0.4 is 10.1 Å². The number of pyridine rings is 2. The van der Waals surface area contributed by atoms with Crippen LogP contribution in [0.5, 0.6) is 11.6 Å². The number of benzene rings is 1. The van der Waals surface area contributed by atoms with Crippen molar-refractivity contribution in [1.82, 2.24) is 15.0 Å². The van der Waals surface area contributed by atoms with Gasteiger partial charge in [-0.3, -0.25) is 9.78 Å². The van der Waals surface area contributed by atoms with Gasteiger partial charge in [-0.1, -0.05) is 29.8 Å². The summed E-state index contributed by atoms with van der Waals surface area (Å²) in [5.74, 6) is 0.765. The van der Waals surface area contributed by atoms with Gasteiger partial charge in [0.15, 0.2) is 5.15 Å². The molecule has 0 radical (unpaired) electrons. The average Bonchev–Trinajstić information content (AvgIpc) is 3.13. The van der Waals surface area contributed by atoms with E-state index in [1.807, 2.05) is 36.4 Å². The number of halogens is 1. The van der Waals surface area contributed by atoms with Gasteiger partial charge in [-0.25, -0.2) is 9.97 Å². The number of amides is 1. The van der Waals surface area contributed by atoms with E-state index in [-0.39, 0.29) is 11.1 Å². The Bertz CT molecular complexity index is 1090. The first kappa shape index (κ1) is 18.1. The first-order chi connectivity index (χ1) is 13.7. The fraction of sp³-hybridized carbons (Fsp3) is 0. The lowest BCUT2D eigenvalue weighted by molar-refractivity contribution is 0.103. The number of rotatable bonds is 5. The molecule has 1 amide bonds. The summed E-state index contributed by atoms with van der Waals surface area (Å²) < 4.78 is 5.64. The second kappa shape index (κ2) is 8.16. The van der Waals surface area contributed by atoms with Gasteiger partial charge in [-0.15, -0.1) is 11.3 Å². The van der Waals surface area contributed by atoms with Crippen molar-refractivity contribution in [2.24, 2.45) is 0 Å². The normalized spacial score (nSPS) is 10.5. The molecule has 0 spiro atoms. The Morgan fingerprint density at radius 1 is 1.04 bits per heavy atom. The van der Waals surface area contributed by atoms with Crippen molar-refractivity contribution in [2.75, 3.05) is 5.32 Å². The van der Waals surface area contributed by atoms with Gasteiger partial charge in [-0.2, -0.15) is 0 Å². The van der Waals surface area contributed by atoms with E-state index in [2.05, 4.69) is 20.3 Å². The number of nitrogens with one attached hydrogen (secondary N) is 1. The van der Waals surface area contributed by atoms with Gasteiger partial charge in [0.05, 0.1) is 11.9 Å². The number of para-hydroxylation sites is 1. The van der Waals surface area contributed by atoms with E-state index in [9.17, 15) is 4.79 Å². The Balaban J connectivity index is 1.46. The summed E-state index contributed by atoms with van der Waals surface area (Å²) in [6.45, 7) is 0. The minimum atomic E-state index is -0.351. The molecule has 0 aliphatic carbocycles. The summed E-state index contributed by atoms with van der Waals surface area (Å²) in [5.41, 5.74) is 1.33. The maximum absolute atomic E-state index is 12.6. The van der Waals surface area contributed by atoms with Crippen LogP contribution in [0, 0.1) is 0 Å². The van der Waals surface area contributed by atoms with Gasteiger partial charge in [-0.05, 0) is 30.3 Å². The summed E-state index contributed by atoms with van der Waals surface area (Å²) in [6.07, 6.45) is 4.86. The predicted molar refractivity (Wildman–Crippen MR) is 109 cm³/mol. The number of anilines is 1. The minimum Gasteiger partial charge on any atom is -0.439 e. The van der Waals surface area contributed by atoms with Gasteiger partial charge in [0.1, 0.15) is 15.6 Å². The molecule has 28 heavy (non-hydrogen) atoms. The van der Waals surface area contributed by atoms with Crippen LogP contribution in [-0.4, -0.2) is 20.9 Å². The van der Waals surface area contributed by atoms with E-state index < -0.39 is 0 Å². The largest absolute Gasteiger partial charge is 0.439 e. The number of nitrogens with zero attached hydrogens (tertiary/aromatic N) is 3. The van der Waals surface area contributed by atoms with E-state index in [1.54, 1.807) is 30.6 Å². The Labute approximate surface area is 169 Å². The van der Waals surface area contributed by atoms with Gasteiger partial charge in [0.25, 0.3) is 5.91 Å². The summed E-state index contributed by atoms with van der Waals surface area (Å²) in [4.78, 5) is 25.4. The molecule has 4 aromatic rings. The third-order valence-electron chi connectivity index (χ3n) is 3.66. The van der Waals surface area contributed by atoms with Crippen molar-refractivity contribution < 1.29 is 9.53 Å². The summed E-state index contributed by atoms with van der Waals surface area (Å²) in [7, 11) is 0. The lowest BCUT2D eigenvalue weighted by Crippen LogP contribution is -2.10. The van der Waals surface area contributed by atoms with Crippen LogP contribution in [0.3, 0.4) is 0 Å². The van der Waals surface area contributed by atoms with E-state index in [0.717, 1.165) is 5.56 Å². The molecule has 1 N–H and O–H groups in total. The molecular formula is C20H13ClN4O2S.